The molecule has 0 radical (unpaired) electrons. The molecule has 2 aromatic rings. The Labute approximate surface area is 177 Å². The molecule has 2 rings (SSSR count). The summed E-state index contributed by atoms with van der Waals surface area (Å²) < 4.78 is 0. The Morgan fingerprint density at radius 2 is 1.12 bits per heavy atom. The van der Waals surface area contributed by atoms with E-state index in [4.69, 9.17) is 21.8 Å². The molecule has 1 unspecified atom stereocenters. The summed E-state index contributed by atoms with van der Waals surface area (Å²) in [6, 6.07) is 18.1. The number of aliphatic hydroxyl groups excluding tert-OH is 2. The van der Waals surface area contributed by atoms with Gasteiger partial charge >= 0.3 is 0 Å². The number of hydrogen-bond acceptors (Lipinski definition) is 2. The zero-order valence-corrected chi connectivity index (χ0v) is 17.6. The average Bonchev–Trinajstić information content (AvgIpc) is 2.57. The van der Waals surface area contributed by atoms with Gasteiger partial charge in [0.1, 0.15) is 0 Å². The van der Waals surface area contributed by atoms with E-state index >= 15 is 0 Å². The van der Waals surface area contributed by atoms with Gasteiger partial charge in [-0.05, 0) is 31.4 Å². The van der Waals surface area contributed by atoms with Crippen LogP contribution in [0.1, 0.15) is 18.1 Å². The first-order valence-corrected chi connectivity index (χ1v) is 7.97. The minimum Gasteiger partial charge on any atom is -0.499 e. The maximum atomic E-state index is 8.76. The molecule has 0 fully saturated rings. The van der Waals surface area contributed by atoms with E-state index in [1.807, 2.05) is 43.3 Å². The van der Waals surface area contributed by atoms with Gasteiger partial charge in [-0.15, -0.1) is 43.0 Å². The number of allylic oxidation sites excluding steroid dienone is 1. The van der Waals surface area contributed by atoms with E-state index in [-0.39, 0.29) is 40.3 Å². The quantitative estimate of drug-likeness (QED) is 0.326. The van der Waals surface area contributed by atoms with Crippen molar-refractivity contribution in [3.8, 4) is 0 Å². The Morgan fingerprint density at radius 3 is 1.24 bits per heavy atom. The Morgan fingerprint density at radius 1 is 0.880 bits per heavy atom. The predicted molar refractivity (Wildman–Crippen MR) is 122 cm³/mol. The van der Waals surface area contributed by atoms with Crippen molar-refractivity contribution >= 4 is 71.0 Å². The molecule has 0 amide bonds. The highest BCUT2D eigenvalue weighted by Crippen LogP contribution is 1.98. The summed E-state index contributed by atoms with van der Waals surface area (Å²) in [4.78, 5) is 0. The van der Waals surface area contributed by atoms with Crippen LogP contribution in [0, 0.1) is 0 Å². The minimum absolute atomic E-state index is 0. The van der Waals surface area contributed by atoms with Crippen molar-refractivity contribution in [1.82, 2.24) is 0 Å². The van der Waals surface area contributed by atoms with Crippen LogP contribution in [0.3, 0.4) is 0 Å². The van der Waals surface area contributed by atoms with Crippen LogP contribution in [0.4, 0.5) is 0 Å². The molecule has 138 valence electrons. The van der Waals surface area contributed by atoms with Gasteiger partial charge in [0.25, 0.3) is 0 Å². The van der Waals surface area contributed by atoms with Crippen molar-refractivity contribution in [3.63, 3.8) is 0 Å². The standard InChI is InChI=1S/2C7H6OS.C4H7Cl.2ClH/c2*8-7(9)6-4-2-1-3-5-6;1-3-4(2)5;;/h2*1-5H,(H,8,9);3-4H,1H2,2H3;2*1H. The molecule has 0 aliphatic heterocycles. The fraction of sp³-hybridized carbons (Fsp3) is 0.111. The zero-order valence-electron chi connectivity index (χ0n) is 13.5. The Bertz CT molecular complexity index is 557. The topological polar surface area (TPSA) is 40.5 Å². The van der Waals surface area contributed by atoms with Crippen LogP contribution in [-0.4, -0.2) is 25.7 Å². The second kappa shape index (κ2) is 17.6. The number of thiocarbonyl (C=S) groups is 2. The van der Waals surface area contributed by atoms with Gasteiger partial charge in [0.05, 0.1) is 0 Å². The van der Waals surface area contributed by atoms with Gasteiger partial charge in [-0.1, -0.05) is 66.7 Å². The first kappa shape index (κ1) is 28.6. The van der Waals surface area contributed by atoms with E-state index in [0.717, 1.165) is 0 Å². The molecule has 7 heteroatoms. The van der Waals surface area contributed by atoms with Gasteiger partial charge in [0, 0.05) is 16.5 Å². The van der Waals surface area contributed by atoms with Gasteiger partial charge in [0.2, 0.25) is 0 Å². The highest BCUT2D eigenvalue weighted by atomic mass is 35.5. The van der Waals surface area contributed by atoms with E-state index in [9.17, 15) is 0 Å². The molecule has 0 aliphatic carbocycles. The van der Waals surface area contributed by atoms with Gasteiger partial charge < -0.3 is 10.2 Å². The van der Waals surface area contributed by atoms with Crippen LogP contribution in [0.5, 0.6) is 0 Å². The van der Waals surface area contributed by atoms with Crippen molar-refractivity contribution in [2.24, 2.45) is 0 Å². The fourth-order valence-electron chi connectivity index (χ4n) is 1.16. The molecule has 2 aromatic carbocycles. The second-order valence-corrected chi connectivity index (χ2v) is 5.72. The van der Waals surface area contributed by atoms with Crippen molar-refractivity contribution in [3.05, 3.63) is 84.4 Å². The number of rotatable bonds is 3. The Kier molecular flexibility index (Phi) is 20.2. The summed E-state index contributed by atoms with van der Waals surface area (Å²) in [6.07, 6.45) is 1.68. The number of alkyl halides is 1. The molecule has 2 N–H and O–H groups in total. The first-order chi connectivity index (χ1) is 10.9. The summed E-state index contributed by atoms with van der Waals surface area (Å²) in [5.74, 6) is 0. The van der Waals surface area contributed by atoms with Crippen molar-refractivity contribution in [1.29, 1.82) is 0 Å². The van der Waals surface area contributed by atoms with E-state index < -0.39 is 0 Å². The lowest BCUT2D eigenvalue weighted by atomic mass is 10.2. The summed E-state index contributed by atoms with van der Waals surface area (Å²) in [7, 11) is 0. The maximum absolute atomic E-state index is 8.76. The Hall–Kier alpha value is -1.17. The molecule has 0 bridgehead atoms. The van der Waals surface area contributed by atoms with Gasteiger partial charge in [-0.25, -0.2) is 0 Å². The van der Waals surface area contributed by atoms with Crippen LogP contribution < -0.4 is 0 Å². The summed E-state index contributed by atoms with van der Waals surface area (Å²) in [6.45, 7) is 5.30. The normalized spacial score (nSPS) is 9.20. The average molecular weight is 440 g/mol. The van der Waals surface area contributed by atoms with E-state index in [0.29, 0.717) is 11.1 Å². The van der Waals surface area contributed by atoms with Crippen molar-refractivity contribution in [2.45, 2.75) is 12.3 Å². The minimum atomic E-state index is -0.0457. The SMILES string of the molecule is C=CC(C)Cl.Cl.Cl.OC(=S)c1ccccc1.OC(=S)c1ccccc1. The van der Waals surface area contributed by atoms with Gasteiger partial charge in [-0.3, -0.25) is 0 Å². The van der Waals surface area contributed by atoms with Gasteiger partial charge in [0.15, 0.2) is 10.1 Å². The third-order valence-electron chi connectivity index (χ3n) is 2.37. The highest BCUT2D eigenvalue weighted by molar-refractivity contribution is 7.80. The third kappa shape index (κ3) is 16.1. The molecule has 0 aromatic heterocycles. The van der Waals surface area contributed by atoms with Crippen LogP contribution in [0.15, 0.2) is 73.3 Å². The fourth-order valence-corrected chi connectivity index (χ4v) is 1.43. The largest absolute Gasteiger partial charge is 0.499 e. The second-order valence-electron chi connectivity index (χ2n) is 4.26. The third-order valence-corrected chi connectivity index (χ3v) is 3.02. The molecule has 0 spiro atoms. The molecule has 25 heavy (non-hydrogen) atoms. The summed E-state index contributed by atoms with van der Waals surface area (Å²) in [5.41, 5.74) is 1.40. The van der Waals surface area contributed by atoms with Crippen molar-refractivity contribution in [2.75, 3.05) is 0 Å². The van der Waals surface area contributed by atoms with Gasteiger partial charge in [-0.2, -0.15) is 0 Å². The molecule has 0 saturated heterocycles. The lowest BCUT2D eigenvalue weighted by Crippen LogP contribution is -1.91. The monoisotopic (exact) mass is 438 g/mol. The van der Waals surface area contributed by atoms with Crippen LogP contribution in [0.2, 0.25) is 0 Å². The predicted octanol–water partition coefficient (Wildman–Crippen LogP) is 6.48. The Balaban J connectivity index is -0.000000291. The molecule has 1 atom stereocenters. The number of benzene rings is 2. The molecule has 0 aliphatic rings. The van der Waals surface area contributed by atoms with E-state index in [1.54, 1.807) is 30.3 Å². The highest BCUT2D eigenvalue weighted by Gasteiger charge is 1.92. The lowest BCUT2D eigenvalue weighted by Gasteiger charge is -1.91. The number of hydrogen-bond donors (Lipinski definition) is 2. The van der Waals surface area contributed by atoms with E-state index in [1.165, 1.54) is 0 Å². The van der Waals surface area contributed by atoms with Crippen LogP contribution in [0.25, 0.3) is 0 Å². The molecule has 0 saturated carbocycles. The molecular formula is C18H21Cl3O2S2. The summed E-state index contributed by atoms with van der Waals surface area (Å²) >= 11 is 14.4. The lowest BCUT2D eigenvalue weighted by molar-refractivity contribution is 0.570. The molecule has 0 heterocycles. The van der Waals surface area contributed by atoms with Crippen LogP contribution in [-0.2, 0) is 0 Å². The van der Waals surface area contributed by atoms with Crippen molar-refractivity contribution < 1.29 is 10.2 Å². The maximum Gasteiger partial charge on any atom is 0.188 e. The van der Waals surface area contributed by atoms with E-state index in [2.05, 4.69) is 31.0 Å². The summed E-state index contributed by atoms with van der Waals surface area (Å²) in [5, 5.41) is 17.5. The number of aliphatic hydroxyl groups is 2. The molecular weight excluding hydrogens is 419 g/mol. The zero-order chi connectivity index (χ0) is 17.7. The number of halogens is 3. The molecule has 2 nitrogen and oxygen atoms in total. The smallest absolute Gasteiger partial charge is 0.188 e. The van der Waals surface area contributed by atoms with Crippen LogP contribution >= 0.6 is 60.9 Å². The first-order valence-electron chi connectivity index (χ1n) is 6.71.